The molecule has 14 heteroatoms. The first-order chi connectivity index (χ1) is 15.8. The molecule has 0 aliphatic rings. The quantitative estimate of drug-likeness (QED) is 0.545. The molecule has 2 heterocycles. The second-order valence-electron chi connectivity index (χ2n) is 7.04. The Kier molecular flexibility index (Phi) is 6.51. The average Bonchev–Trinajstić information content (AvgIpc) is 2.73. The second kappa shape index (κ2) is 9.02. The molecule has 10 nitrogen and oxygen atoms in total. The molecule has 176 valence electrons. The minimum atomic E-state index is -4.90. The number of aromatic nitrogens is 4. The van der Waals surface area contributed by atoms with E-state index in [0.29, 0.717) is 0 Å². The molecule has 0 radical (unpaired) electrons. The molecule has 2 N–H and O–H groups in total. The SMILES string of the molecule is Cc1nc(C#N)cnc1Oc1nnc(C(F)(F)F)c(C)c1C(=O)Nc1cccc(S(C)(=N)=O)c1. The summed E-state index contributed by atoms with van der Waals surface area (Å²) in [6, 6.07) is 7.34. The highest BCUT2D eigenvalue weighted by Crippen LogP contribution is 2.35. The fourth-order valence-corrected chi connectivity index (χ4v) is 3.52. The van der Waals surface area contributed by atoms with Crippen LogP contribution in [0.25, 0.3) is 0 Å². The normalized spacial score (nSPS) is 13.0. The van der Waals surface area contributed by atoms with Crippen molar-refractivity contribution in [2.24, 2.45) is 0 Å². The minimum absolute atomic E-state index is 0.0146. The number of hydrogen-bond acceptors (Lipinski definition) is 9. The van der Waals surface area contributed by atoms with Gasteiger partial charge in [0.15, 0.2) is 11.4 Å². The molecule has 1 aromatic carbocycles. The predicted octanol–water partition coefficient (Wildman–Crippen LogP) is 3.85. The first-order valence-electron chi connectivity index (χ1n) is 9.32. The molecule has 0 saturated carbocycles. The lowest BCUT2D eigenvalue weighted by molar-refractivity contribution is -0.142. The van der Waals surface area contributed by atoms with Gasteiger partial charge in [0.1, 0.15) is 17.3 Å². The predicted molar refractivity (Wildman–Crippen MR) is 113 cm³/mol. The van der Waals surface area contributed by atoms with Crippen molar-refractivity contribution in [3.63, 3.8) is 0 Å². The van der Waals surface area contributed by atoms with E-state index in [0.717, 1.165) is 13.1 Å². The van der Waals surface area contributed by atoms with Gasteiger partial charge in [-0.3, -0.25) is 4.79 Å². The van der Waals surface area contributed by atoms with E-state index in [9.17, 15) is 22.2 Å². The molecule has 1 amide bonds. The number of anilines is 1. The van der Waals surface area contributed by atoms with E-state index in [4.69, 9.17) is 14.8 Å². The molecular formula is C20H16F3N7O3S. The molecule has 0 spiro atoms. The fraction of sp³-hybridized carbons (Fsp3) is 0.200. The Morgan fingerprint density at radius 1 is 1.24 bits per heavy atom. The van der Waals surface area contributed by atoms with Crippen molar-refractivity contribution < 1.29 is 26.9 Å². The van der Waals surface area contributed by atoms with E-state index < -0.39 is 44.5 Å². The first-order valence-corrected chi connectivity index (χ1v) is 11.3. The van der Waals surface area contributed by atoms with Gasteiger partial charge in [0, 0.05) is 16.8 Å². The van der Waals surface area contributed by atoms with Crippen molar-refractivity contribution in [1.29, 1.82) is 10.0 Å². The van der Waals surface area contributed by atoms with Crippen molar-refractivity contribution in [1.82, 2.24) is 20.2 Å². The first kappa shape index (κ1) is 24.5. The Morgan fingerprint density at radius 3 is 2.53 bits per heavy atom. The van der Waals surface area contributed by atoms with E-state index in [2.05, 4.69) is 25.5 Å². The van der Waals surface area contributed by atoms with Crippen LogP contribution in [0.15, 0.2) is 35.4 Å². The Morgan fingerprint density at radius 2 is 1.94 bits per heavy atom. The lowest BCUT2D eigenvalue weighted by atomic mass is 10.1. The van der Waals surface area contributed by atoms with Gasteiger partial charge in [-0.1, -0.05) is 6.07 Å². The number of nitrogens with one attached hydrogen (secondary N) is 2. The summed E-state index contributed by atoms with van der Waals surface area (Å²) >= 11 is 0. The number of nitriles is 1. The van der Waals surface area contributed by atoms with Gasteiger partial charge < -0.3 is 10.1 Å². The van der Waals surface area contributed by atoms with Gasteiger partial charge in [0.25, 0.3) is 11.8 Å². The fourth-order valence-electron chi connectivity index (χ4n) is 2.83. The summed E-state index contributed by atoms with van der Waals surface area (Å²) in [7, 11) is -3.10. The summed E-state index contributed by atoms with van der Waals surface area (Å²) in [5, 5.41) is 17.9. The van der Waals surface area contributed by atoms with Gasteiger partial charge in [-0.05, 0) is 37.6 Å². The van der Waals surface area contributed by atoms with Crippen molar-refractivity contribution in [2.75, 3.05) is 11.6 Å². The zero-order valence-corrected chi connectivity index (χ0v) is 18.7. The van der Waals surface area contributed by atoms with Gasteiger partial charge in [-0.2, -0.15) is 18.4 Å². The summed E-state index contributed by atoms with van der Waals surface area (Å²) in [4.78, 5) is 21.0. The van der Waals surface area contributed by atoms with Crippen LogP contribution < -0.4 is 10.1 Å². The number of benzene rings is 1. The van der Waals surface area contributed by atoms with Crippen LogP contribution in [0, 0.1) is 30.0 Å². The number of nitrogens with zero attached hydrogens (tertiary/aromatic N) is 5. The van der Waals surface area contributed by atoms with Crippen LogP contribution in [0.5, 0.6) is 11.8 Å². The van der Waals surface area contributed by atoms with Gasteiger partial charge in [0.2, 0.25) is 5.88 Å². The highest BCUT2D eigenvalue weighted by molar-refractivity contribution is 7.91. The molecule has 0 fully saturated rings. The van der Waals surface area contributed by atoms with Crippen LogP contribution in [-0.2, 0) is 15.9 Å². The van der Waals surface area contributed by atoms with E-state index >= 15 is 0 Å². The van der Waals surface area contributed by atoms with E-state index in [-0.39, 0.29) is 27.9 Å². The number of halogens is 3. The van der Waals surface area contributed by atoms with Crippen LogP contribution in [-0.4, -0.2) is 36.5 Å². The van der Waals surface area contributed by atoms with Crippen molar-refractivity contribution >= 4 is 21.3 Å². The largest absolute Gasteiger partial charge is 0.435 e. The molecule has 0 aliphatic carbocycles. The minimum Gasteiger partial charge on any atom is -0.416 e. The van der Waals surface area contributed by atoms with Gasteiger partial charge in [-0.25, -0.2) is 19.0 Å². The summed E-state index contributed by atoms with van der Waals surface area (Å²) in [6.45, 7) is 2.48. The van der Waals surface area contributed by atoms with Crippen LogP contribution in [0.3, 0.4) is 0 Å². The highest BCUT2D eigenvalue weighted by Gasteiger charge is 2.38. The summed E-state index contributed by atoms with van der Waals surface area (Å²) in [5.41, 5.74) is -2.30. The molecule has 0 bridgehead atoms. The van der Waals surface area contributed by atoms with E-state index in [1.165, 1.54) is 37.4 Å². The maximum absolute atomic E-state index is 13.4. The molecule has 0 aliphatic heterocycles. The molecular weight excluding hydrogens is 475 g/mol. The van der Waals surface area contributed by atoms with Crippen LogP contribution in [0.4, 0.5) is 18.9 Å². The maximum Gasteiger partial charge on any atom is 0.435 e. The number of carbonyl (C=O) groups is 1. The lowest BCUT2D eigenvalue weighted by Gasteiger charge is -2.16. The topological polar surface area (TPSA) is 155 Å². The third kappa shape index (κ3) is 5.26. The van der Waals surface area contributed by atoms with Crippen molar-refractivity contribution in [2.45, 2.75) is 24.9 Å². The number of alkyl halides is 3. The number of amides is 1. The van der Waals surface area contributed by atoms with Gasteiger partial charge >= 0.3 is 6.18 Å². The highest BCUT2D eigenvalue weighted by atomic mass is 32.2. The maximum atomic E-state index is 13.4. The zero-order chi connectivity index (χ0) is 25.3. The molecule has 1 unspecified atom stereocenters. The molecule has 3 aromatic rings. The third-order valence-electron chi connectivity index (χ3n) is 4.43. The zero-order valence-electron chi connectivity index (χ0n) is 17.9. The number of hydrogen-bond donors (Lipinski definition) is 2. The Labute approximate surface area is 191 Å². The molecule has 2 aromatic heterocycles. The smallest absolute Gasteiger partial charge is 0.416 e. The average molecular weight is 491 g/mol. The Bertz CT molecular complexity index is 1430. The van der Waals surface area contributed by atoms with Gasteiger partial charge in [0.05, 0.1) is 15.9 Å². The molecule has 1 atom stereocenters. The molecule has 34 heavy (non-hydrogen) atoms. The van der Waals surface area contributed by atoms with E-state index in [1.807, 2.05) is 0 Å². The standard InChI is InChI=1S/C20H16F3N7O3S/c1-10-15(17(31)28-12-5-4-6-14(7-12)34(3,25)32)19(30-29-16(10)20(21,22)23)33-18-11(2)27-13(8-24)9-26-18/h4-7,9,25H,1-3H3,(H,28,31). The van der Waals surface area contributed by atoms with Crippen molar-refractivity contribution in [3.8, 4) is 17.8 Å². The lowest BCUT2D eigenvalue weighted by Crippen LogP contribution is -2.21. The van der Waals surface area contributed by atoms with E-state index in [1.54, 1.807) is 6.07 Å². The third-order valence-corrected chi connectivity index (χ3v) is 5.59. The van der Waals surface area contributed by atoms with Crippen LogP contribution in [0.1, 0.15) is 33.0 Å². The van der Waals surface area contributed by atoms with Crippen LogP contribution in [0.2, 0.25) is 0 Å². The number of ether oxygens (including phenoxy) is 1. The summed E-state index contributed by atoms with van der Waals surface area (Å²) in [6.07, 6.45) is -2.62. The molecule has 0 saturated heterocycles. The monoisotopic (exact) mass is 491 g/mol. The number of carbonyl (C=O) groups excluding carboxylic acids is 1. The number of rotatable bonds is 5. The summed E-state index contributed by atoms with van der Waals surface area (Å²) < 4.78 is 65.4. The van der Waals surface area contributed by atoms with Crippen LogP contribution >= 0.6 is 0 Å². The Hall–Kier alpha value is -4.12. The summed E-state index contributed by atoms with van der Waals surface area (Å²) in [5.74, 6) is -1.78. The van der Waals surface area contributed by atoms with Gasteiger partial charge in [-0.15, -0.1) is 10.2 Å². The Balaban J connectivity index is 2.08. The molecule has 3 rings (SSSR count). The second-order valence-corrected chi connectivity index (χ2v) is 9.20. The van der Waals surface area contributed by atoms with Crippen molar-refractivity contribution in [3.05, 3.63) is 58.7 Å². The number of aryl methyl sites for hydroxylation is 1.